The predicted octanol–water partition coefficient (Wildman–Crippen LogP) is 5.80. The van der Waals surface area contributed by atoms with Crippen LogP contribution in [0.4, 0.5) is 5.13 Å². The summed E-state index contributed by atoms with van der Waals surface area (Å²) in [5.41, 5.74) is 1.91. The minimum Gasteiger partial charge on any atom is -0.490 e. The summed E-state index contributed by atoms with van der Waals surface area (Å²) in [6.45, 7) is 11.5. The molecule has 194 valence electrons. The Morgan fingerprint density at radius 2 is 1.76 bits per heavy atom. The molecule has 9 heteroatoms. The van der Waals surface area contributed by atoms with E-state index in [9.17, 15) is 10.1 Å². The van der Waals surface area contributed by atoms with E-state index < -0.39 is 5.91 Å². The van der Waals surface area contributed by atoms with Gasteiger partial charge < -0.3 is 14.2 Å². The van der Waals surface area contributed by atoms with Gasteiger partial charge in [0.2, 0.25) is 5.13 Å². The van der Waals surface area contributed by atoms with Gasteiger partial charge in [-0.05, 0) is 60.2 Å². The van der Waals surface area contributed by atoms with Gasteiger partial charge in [0.05, 0.1) is 6.61 Å². The van der Waals surface area contributed by atoms with Gasteiger partial charge in [0.25, 0.3) is 5.91 Å². The van der Waals surface area contributed by atoms with Crippen LogP contribution in [0.25, 0.3) is 6.08 Å². The lowest BCUT2D eigenvalue weighted by atomic mass is 9.87. The zero-order valence-corrected chi connectivity index (χ0v) is 22.6. The first-order valence-electron chi connectivity index (χ1n) is 12.1. The lowest BCUT2D eigenvalue weighted by Crippen LogP contribution is -2.13. The number of carbonyl (C=O) groups excluding carboxylic acids is 1. The number of hydrogen-bond donors (Lipinski definition) is 1. The Hall–Kier alpha value is -3.90. The molecule has 0 radical (unpaired) electrons. The van der Waals surface area contributed by atoms with E-state index in [1.54, 1.807) is 18.2 Å². The lowest BCUT2D eigenvalue weighted by Gasteiger charge is -2.19. The average molecular weight is 521 g/mol. The highest BCUT2D eigenvalue weighted by molar-refractivity contribution is 7.15. The van der Waals surface area contributed by atoms with Crippen LogP contribution in [0.3, 0.4) is 0 Å². The number of nitrogens with one attached hydrogen (secondary N) is 1. The third-order valence-corrected chi connectivity index (χ3v) is 6.25. The summed E-state index contributed by atoms with van der Waals surface area (Å²) in [7, 11) is 0. The molecule has 0 spiro atoms. The first kappa shape index (κ1) is 27.7. The van der Waals surface area contributed by atoms with E-state index in [0.717, 1.165) is 17.2 Å². The Morgan fingerprint density at radius 1 is 1.03 bits per heavy atom. The fraction of sp³-hybridized carbons (Fsp3) is 0.357. The van der Waals surface area contributed by atoms with Crippen LogP contribution in [0.15, 0.2) is 48.0 Å². The molecule has 0 unspecified atom stereocenters. The Kier molecular flexibility index (Phi) is 9.64. The summed E-state index contributed by atoms with van der Waals surface area (Å²) in [5, 5.41) is 21.2. The van der Waals surface area contributed by atoms with Gasteiger partial charge in [0, 0.05) is 0 Å². The van der Waals surface area contributed by atoms with E-state index in [4.69, 9.17) is 14.2 Å². The second-order valence-electron chi connectivity index (χ2n) is 9.09. The molecule has 1 aromatic heterocycles. The molecule has 1 heterocycles. The Bertz CT molecular complexity index is 1270. The molecular weight excluding hydrogens is 488 g/mol. The minimum atomic E-state index is -0.549. The summed E-state index contributed by atoms with van der Waals surface area (Å²) < 4.78 is 17.4. The highest BCUT2D eigenvalue weighted by Gasteiger charge is 2.15. The van der Waals surface area contributed by atoms with Gasteiger partial charge in [0.1, 0.15) is 35.6 Å². The molecule has 8 nitrogen and oxygen atoms in total. The normalized spacial score (nSPS) is 11.5. The molecule has 3 rings (SSSR count). The monoisotopic (exact) mass is 520 g/mol. The maximum atomic E-state index is 12.5. The van der Waals surface area contributed by atoms with Crippen LogP contribution in [0, 0.1) is 11.3 Å². The highest BCUT2D eigenvalue weighted by atomic mass is 32.1. The average Bonchev–Trinajstić information content (AvgIpc) is 3.33. The molecule has 0 saturated heterocycles. The summed E-state index contributed by atoms with van der Waals surface area (Å²) in [5.74, 6) is 1.30. The molecule has 0 bridgehead atoms. The zero-order chi connectivity index (χ0) is 26.8. The molecule has 2 aromatic carbocycles. The standard InChI is InChI=1S/C28H32N4O4S/c1-6-25-31-32-27(37-25)30-26(33)20(18-29)16-19-8-13-23(24(17-19)34-7-2)36-15-14-35-22-11-9-21(10-12-22)28(3,4)5/h8-13,16-17H,6-7,14-15H2,1-5H3,(H,30,32,33)/b20-16-. The number of anilines is 1. The van der Waals surface area contributed by atoms with Crippen molar-refractivity contribution >= 4 is 28.5 Å². The second-order valence-corrected chi connectivity index (χ2v) is 10.2. The molecular formula is C28H32N4O4S. The van der Waals surface area contributed by atoms with Crippen molar-refractivity contribution in [3.05, 3.63) is 64.2 Å². The molecule has 1 amide bonds. The van der Waals surface area contributed by atoms with Crippen LogP contribution >= 0.6 is 11.3 Å². The minimum absolute atomic E-state index is 0.0600. The lowest BCUT2D eigenvalue weighted by molar-refractivity contribution is -0.112. The molecule has 0 aliphatic carbocycles. The Labute approximate surface area is 221 Å². The van der Waals surface area contributed by atoms with Crippen molar-refractivity contribution in [2.75, 3.05) is 25.1 Å². The van der Waals surface area contributed by atoms with Crippen LogP contribution in [0.2, 0.25) is 0 Å². The quantitative estimate of drug-likeness (QED) is 0.193. The van der Waals surface area contributed by atoms with Crippen molar-refractivity contribution in [3.63, 3.8) is 0 Å². The van der Waals surface area contributed by atoms with Crippen molar-refractivity contribution in [2.45, 2.75) is 46.5 Å². The topological polar surface area (TPSA) is 106 Å². The van der Waals surface area contributed by atoms with Crippen molar-refractivity contribution in [1.82, 2.24) is 10.2 Å². The predicted molar refractivity (Wildman–Crippen MR) is 145 cm³/mol. The van der Waals surface area contributed by atoms with E-state index in [1.807, 2.05) is 32.0 Å². The number of carbonyl (C=O) groups is 1. The smallest absolute Gasteiger partial charge is 0.268 e. The fourth-order valence-corrected chi connectivity index (χ4v) is 3.97. The van der Waals surface area contributed by atoms with Crippen molar-refractivity contribution in [2.24, 2.45) is 0 Å². The van der Waals surface area contributed by atoms with Crippen LogP contribution in [-0.4, -0.2) is 35.9 Å². The van der Waals surface area contributed by atoms with Crippen molar-refractivity contribution < 1.29 is 19.0 Å². The van der Waals surface area contributed by atoms with Gasteiger partial charge >= 0.3 is 0 Å². The van der Waals surface area contributed by atoms with Gasteiger partial charge in [-0.1, -0.05) is 57.2 Å². The molecule has 0 saturated carbocycles. The summed E-state index contributed by atoms with van der Waals surface area (Å²) in [6, 6.07) is 15.3. The van der Waals surface area contributed by atoms with Gasteiger partial charge in [0.15, 0.2) is 11.5 Å². The molecule has 0 aliphatic rings. The highest BCUT2D eigenvalue weighted by Crippen LogP contribution is 2.30. The fourth-order valence-electron chi connectivity index (χ4n) is 3.29. The van der Waals surface area contributed by atoms with Gasteiger partial charge in [-0.25, -0.2) is 0 Å². The summed E-state index contributed by atoms with van der Waals surface area (Å²) >= 11 is 1.28. The largest absolute Gasteiger partial charge is 0.490 e. The number of aryl methyl sites for hydroxylation is 1. The number of ether oxygens (including phenoxy) is 3. The Balaban J connectivity index is 1.62. The van der Waals surface area contributed by atoms with E-state index in [0.29, 0.717) is 42.0 Å². The number of aromatic nitrogens is 2. The van der Waals surface area contributed by atoms with Crippen LogP contribution in [0.5, 0.6) is 17.2 Å². The molecule has 0 atom stereocenters. The maximum absolute atomic E-state index is 12.5. The molecule has 3 aromatic rings. The Morgan fingerprint density at radius 3 is 2.38 bits per heavy atom. The SMILES string of the molecule is CCOc1cc(/C=C(/C#N)C(=O)Nc2nnc(CC)s2)ccc1OCCOc1ccc(C(C)(C)C)cc1. The third-order valence-electron chi connectivity index (χ3n) is 5.26. The zero-order valence-electron chi connectivity index (χ0n) is 21.8. The number of amides is 1. The van der Waals surface area contributed by atoms with Gasteiger partial charge in [-0.15, -0.1) is 10.2 Å². The van der Waals surface area contributed by atoms with Crippen molar-refractivity contribution in [1.29, 1.82) is 5.26 Å². The molecule has 1 N–H and O–H groups in total. The number of nitrogens with zero attached hydrogens (tertiary/aromatic N) is 3. The number of nitriles is 1. The van der Waals surface area contributed by atoms with Crippen LogP contribution < -0.4 is 19.5 Å². The van der Waals surface area contributed by atoms with Crippen LogP contribution in [0.1, 0.15) is 50.8 Å². The maximum Gasteiger partial charge on any atom is 0.268 e. The third kappa shape index (κ3) is 8.05. The molecule has 0 fully saturated rings. The van der Waals surface area contributed by atoms with E-state index in [-0.39, 0.29) is 11.0 Å². The molecule has 0 aliphatic heterocycles. The first-order chi connectivity index (χ1) is 17.7. The summed E-state index contributed by atoms with van der Waals surface area (Å²) in [4.78, 5) is 12.5. The number of rotatable bonds is 11. The second kappa shape index (κ2) is 12.9. The number of hydrogen-bond acceptors (Lipinski definition) is 8. The van der Waals surface area contributed by atoms with Gasteiger partial charge in [-0.3, -0.25) is 10.1 Å². The van der Waals surface area contributed by atoms with Gasteiger partial charge in [-0.2, -0.15) is 5.26 Å². The van der Waals surface area contributed by atoms with Crippen LogP contribution in [-0.2, 0) is 16.6 Å². The van der Waals surface area contributed by atoms with E-state index in [1.165, 1.54) is 23.0 Å². The number of benzene rings is 2. The van der Waals surface area contributed by atoms with E-state index in [2.05, 4.69) is 48.4 Å². The van der Waals surface area contributed by atoms with E-state index >= 15 is 0 Å². The summed E-state index contributed by atoms with van der Waals surface area (Å²) in [6.07, 6.45) is 2.22. The molecule has 37 heavy (non-hydrogen) atoms. The van der Waals surface area contributed by atoms with Crippen molar-refractivity contribution in [3.8, 4) is 23.3 Å². The first-order valence-corrected chi connectivity index (χ1v) is 12.9.